The second kappa shape index (κ2) is 8.43. The summed E-state index contributed by atoms with van der Waals surface area (Å²) in [4.78, 5) is 26.4. The number of nitrogens with one attached hydrogen (secondary N) is 2. The molecule has 0 saturated carbocycles. The van der Waals surface area contributed by atoms with Gasteiger partial charge in [-0.15, -0.1) is 0 Å². The highest BCUT2D eigenvalue weighted by Gasteiger charge is 2.16. The monoisotopic (exact) mass is 377 g/mol. The fourth-order valence-electron chi connectivity index (χ4n) is 2.72. The van der Waals surface area contributed by atoms with E-state index in [0.29, 0.717) is 11.3 Å². The van der Waals surface area contributed by atoms with Crippen LogP contribution in [-0.4, -0.2) is 32.0 Å². The zero-order valence-corrected chi connectivity index (χ0v) is 16.1. The lowest BCUT2D eigenvalue weighted by Crippen LogP contribution is -2.47. The molecule has 2 N–H and O–H groups in total. The molecule has 0 aliphatic heterocycles. The van der Waals surface area contributed by atoms with Crippen LogP contribution in [-0.2, 0) is 4.79 Å². The van der Waals surface area contributed by atoms with E-state index >= 15 is 0 Å². The van der Waals surface area contributed by atoms with Crippen LogP contribution in [0.5, 0.6) is 5.75 Å². The standard InChI is InChI=1S/C22H23N3O3/c1-15(28-20-12-11-16-7-4-5-8-17(16)14-20)21(26)23-24-22(27)18-9-6-10-19(13-18)25(2)3/h4-15H,1-3H3,(H,23,26)(H,24,27). The number of anilines is 1. The smallest absolute Gasteiger partial charge is 0.279 e. The van der Waals surface area contributed by atoms with Crippen molar-refractivity contribution in [1.29, 1.82) is 0 Å². The number of rotatable bonds is 5. The summed E-state index contributed by atoms with van der Waals surface area (Å²) in [7, 11) is 3.79. The first-order valence-corrected chi connectivity index (χ1v) is 8.97. The normalized spacial score (nSPS) is 11.5. The maximum Gasteiger partial charge on any atom is 0.279 e. The molecular formula is C22H23N3O3. The Morgan fingerprint density at radius 2 is 1.64 bits per heavy atom. The van der Waals surface area contributed by atoms with Crippen LogP contribution in [0.3, 0.4) is 0 Å². The molecule has 0 fully saturated rings. The number of hydrazine groups is 1. The Morgan fingerprint density at radius 1 is 0.893 bits per heavy atom. The van der Waals surface area contributed by atoms with E-state index in [2.05, 4.69) is 10.9 Å². The predicted molar refractivity (Wildman–Crippen MR) is 110 cm³/mol. The Kier molecular flexibility index (Phi) is 5.79. The molecule has 1 atom stereocenters. The summed E-state index contributed by atoms with van der Waals surface area (Å²) in [5.74, 6) is -0.244. The number of carbonyl (C=O) groups excluding carboxylic acids is 2. The molecule has 0 aliphatic carbocycles. The van der Waals surface area contributed by atoms with Gasteiger partial charge < -0.3 is 9.64 Å². The van der Waals surface area contributed by atoms with Crippen LogP contribution >= 0.6 is 0 Å². The maximum atomic E-state index is 12.3. The molecule has 3 aromatic carbocycles. The highest BCUT2D eigenvalue weighted by molar-refractivity contribution is 5.96. The van der Waals surface area contributed by atoms with Crippen LogP contribution in [0.15, 0.2) is 66.7 Å². The molecule has 1 unspecified atom stereocenters. The Labute approximate surface area is 164 Å². The van der Waals surface area contributed by atoms with Gasteiger partial charge in [-0.3, -0.25) is 20.4 Å². The highest BCUT2D eigenvalue weighted by Crippen LogP contribution is 2.21. The molecule has 0 heterocycles. The van der Waals surface area contributed by atoms with E-state index in [-0.39, 0.29) is 0 Å². The summed E-state index contributed by atoms with van der Waals surface area (Å²) in [6.07, 6.45) is -0.769. The van der Waals surface area contributed by atoms with Crippen molar-refractivity contribution in [3.05, 3.63) is 72.3 Å². The fraction of sp³-hybridized carbons (Fsp3) is 0.182. The van der Waals surface area contributed by atoms with Crippen molar-refractivity contribution in [2.45, 2.75) is 13.0 Å². The molecule has 144 valence electrons. The Hall–Kier alpha value is -3.54. The van der Waals surface area contributed by atoms with Crippen molar-refractivity contribution in [3.8, 4) is 5.75 Å². The average molecular weight is 377 g/mol. The van der Waals surface area contributed by atoms with E-state index in [9.17, 15) is 9.59 Å². The van der Waals surface area contributed by atoms with E-state index in [1.165, 1.54) is 0 Å². The minimum atomic E-state index is -0.769. The fourth-order valence-corrected chi connectivity index (χ4v) is 2.72. The van der Waals surface area contributed by atoms with Gasteiger partial charge in [-0.25, -0.2) is 0 Å². The first-order chi connectivity index (χ1) is 13.4. The molecule has 6 nitrogen and oxygen atoms in total. The Balaban J connectivity index is 1.57. The summed E-state index contributed by atoms with van der Waals surface area (Å²) in [6, 6.07) is 20.7. The summed E-state index contributed by atoms with van der Waals surface area (Å²) >= 11 is 0. The lowest BCUT2D eigenvalue weighted by molar-refractivity contribution is -0.128. The molecule has 0 radical (unpaired) electrons. The molecule has 0 saturated heterocycles. The van der Waals surface area contributed by atoms with Gasteiger partial charge in [-0.1, -0.05) is 36.4 Å². The van der Waals surface area contributed by atoms with Crippen LogP contribution < -0.4 is 20.5 Å². The second-order valence-electron chi connectivity index (χ2n) is 6.66. The summed E-state index contributed by atoms with van der Waals surface area (Å²) in [5, 5.41) is 2.13. The van der Waals surface area contributed by atoms with Gasteiger partial charge in [0.15, 0.2) is 6.10 Å². The summed E-state index contributed by atoms with van der Waals surface area (Å²) < 4.78 is 5.70. The SMILES string of the molecule is CC(Oc1ccc2ccccc2c1)C(=O)NNC(=O)c1cccc(N(C)C)c1. The lowest BCUT2D eigenvalue weighted by Gasteiger charge is -2.16. The minimum absolute atomic E-state index is 0.394. The molecule has 0 aliphatic rings. The largest absolute Gasteiger partial charge is 0.481 e. The van der Waals surface area contributed by atoms with Crippen LogP contribution in [0.1, 0.15) is 17.3 Å². The van der Waals surface area contributed by atoms with Gasteiger partial charge in [0.1, 0.15) is 5.75 Å². The first kappa shape index (κ1) is 19.2. The average Bonchev–Trinajstić information content (AvgIpc) is 2.71. The van der Waals surface area contributed by atoms with E-state index in [1.54, 1.807) is 25.1 Å². The van der Waals surface area contributed by atoms with Crippen LogP contribution in [0.4, 0.5) is 5.69 Å². The van der Waals surface area contributed by atoms with Crippen LogP contribution in [0, 0.1) is 0 Å². The molecular weight excluding hydrogens is 354 g/mol. The molecule has 28 heavy (non-hydrogen) atoms. The van der Waals surface area contributed by atoms with Crippen molar-refractivity contribution < 1.29 is 14.3 Å². The number of benzene rings is 3. The molecule has 2 amide bonds. The quantitative estimate of drug-likeness (QED) is 0.670. The molecule has 3 aromatic rings. The number of ether oxygens (including phenoxy) is 1. The van der Waals surface area contributed by atoms with Gasteiger partial charge >= 0.3 is 0 Å². The van der Waals surface area contributed by atoms with E-state index in [4.69, 9.17) is 4.74 Å². The molecule has 0 aromatic heterocycles. The Morgan fingerprint density at radius 3 is 2.39 bits per heavy atom. The highest BCUT2D eigenvalue weighted by atomic mass is 16.5. The van der Waals surface area contributed by atoms with E-state index in [1.807, 2.05) is 67.5 Å². The third kappa shape index (κ3) is 4.59. The van der Waals surface area contributed by atoms with Gasteiger partial charge in [0, 0.05) is 25.3 Å². The van der Waals surface area contributed by atoms with Crippen molar-refractivity contribution in [2.24, 2.45) is 0 Å². The number of carbonyl (C=O) groups is 2. The van der Waals surface area contributed by atoms with Gasteiger partial charge in [0.05, 0.1) is 0 Å². The van der Waals surface area contributed by atoms with E-state index < -0.39 is 17.9 Å². The topological polar surface area (TPSA) is 70.7 Å². The van der Waals surface area contributed by atoms with Gasteiger partial charge in [-0.2, -0.15) is 0 Å². The van der Waals surface area contributed by atoms with Crippen molar-refractivity contribution in [3.63, 3.8) is 0 Å². The maximum absolute atomic E-state index is 12.3. The van der Waals surface area contributed by atoms with Crippen LogP contribution in [0.2, 0.25) is 0 Å². The second-order valence-corrected chi connectivity index (χ2v) is 6.66. The zero-order chi connectivity index (χ0) is 20.1. The van der Waals surface area contributed by atoms with Gasteiger partial charge in [0.2, 0.25) is 0 Å². The first-order valence-electron chi connectivity index (χ1n) is 8.97. The third-order valence-electron chi connectivity index (χ3n) is 4.33. The number of hydrogen-bond donors (Lipinski definition) is 2. The molecule has 3 rings (SSSR count). The van der Waals surface area contributed by atoms with Crippen molar-refractivity contribution in [2.75, 3.05) is 19.0 Å². The van der Waals surface area contributed by atoms with Crippen molar-refractivity contribution >= 4 is 28.3 Å². The molecule has 6 heteroatoms. The number of hydrogen-bond acceptors (Lipinski definition) is 4. The van der Waals surface area contributed by atoms with E-state index in [0.717, 1.165) is 16.5 Å². The Bertz CT molecular complexity index is 1000. The number of nitrogens with zero attached hydrogens (tertiary/aromatic N) is 1. The predicted octanol–water partition coefficient (Wildman–Crippen LogP) is 3.13. The van der Waals surface area contributed by atoms with Gasteiger partial charge in [0.25, 0.3) is 11.8 Å². The molecule has 0 spiro atoms. The number of fused-ring (bicyclic) bond motifs is 1. The minimum Gasteiger partial charge on any atom is -0.481 e. The van der Waals surface area contributed by atoms with Crippen LogP contribution in [0.25, 0.3) is 10.8 Å². The summed E-state index contributed by atoms with van der Waals surface area (Å²) in [6.45, 7) is 1.63. The van der Waals surface area contributed by atoms with Crippen molar-refractivity contribution in [1.82, 2.24) is 10.9 Å². The summed E-state index contributed by atoms with van der Waals surface area (Å²) in [5.41, 5.74) is 6.18. The third-order valence-corrected chi connectivity index (χ3v) is 4.33. The number of amides is 2. The zero-order valence-electron chi connectivity index (χ0n) is 16.1. The van der Waals surface area contributed by atoms with Gasteiger partial charge in [-0.05, 0) is 48.0 Å². The molecule has 0 bridgehead atoms. The lowest BCUT2D eigenvalue weighted by atomic mass is 10.1.